The smallest absolute Gasteiger partial charge is 0.259 e. The van der Waals surface area contributed by atoms with E-state index >= 15 is 0 Å². The van der Waals surface area contributed by atoms with Crippen LogP contribution in [-0.2, 0) is 11.3 Å². The molecule has 0 saturated heterocycles. The largest absolute Gasteiger partial charge is 0.378 e. The van der Waals surface area contributed by atoms with E-state index in [1.165, 1.54) is 22.8 Å². The summed E-state index contributed by atoms with van der Waals surface area (Å²) < 4.78 is 2.25. The average Bonchev–Trinajstić information content (AvgIpc) is 2.88. The molecule has 1 atom stereocenters. The quantitative estimate of drug-likeness (QED) is 0.717. The van der Waals surface area contributed by atoms with E-state index in [1.54, 1.807) is 12.3 Å². The third-order valence-corrected chi connectivity index (χ3v) is 4.06. The molecule has 0 aliphatic rings. The van der Waals surface area contributed by atoms with Gasteiger partial charge in [-0.05, 0) is 24.4 Å². The van der Waals surface area contributed by atoms with Gasteiger partial charge in [0.05, 0.1) is 11.9 Å². The second-order valence-corrected chi connectivity index (χ2v) is 6.10. The summed E-state index contributed by atoms with van der Waals surface area (Å²) in [7, 11) is 0. The molecule has 0 aliphatic heterocycles. The number of nitrogens with one attached hydrogen (secondary N) is 1. The van der Waals surface area contributed by atoms with Crippen LogP contribution in [0.3, 0.4) is 0 Å². The molecule has 0 bridgehead atoms. The van der Waals surface area contributed by atoms with E-state index < -0.39 is 11.5 Å². The molecule has 0 aromatic carbocycles. The minimum atomic E-state index is -1.64. The molecule has 0 spiro atoms. The van der Waals surface area contributed by atoms with Crippen molar-refractivity contribution in [3.8, 4) is 0 Å². The van der Waals surface area contributed by atoms with Crippen molar-refractivity contribution in [1.29, 1.82) is 0 Å². The fraction of sp³-hybridized carbons (Fsp3) is 0.385. The summed E-state index contributed by atoms with van der Waals surface area (Å²) in [5, 5.41) is 15.2. The number of rotatable bonds is 5. The molecule has 1 amide bonds. The molecule has 0 aliphatic carbocycles. The lowest BCUT2D eigenvalue weighted by molar-refractivity contribution is -0.139. The second kappa shape index (κ2) is 5.99. The fourth-order valence-corrected chi connectivity index (χ4v) is 2.78. The highest BCUT2D eigenvalue weighted by atomic mass is 32.1. The molecule has 2 heterocycles. The number of aromatic nitrogens is 1. The Morgan fingerprint density at radius 2 is 2.30 bits per heavy atom. The molecule has 2 aromatic rings. The summed E-state index contributed by atoms with van der Waals surface area (Å²) in [5.74, 6) is -0.0216. The van der Waals surface area contributed by atoms with Gasteiger partial charge in [-0.15, -0.1) is 11.3 Å². The minimum absolute atomic E-state index is 0.0873. The van der Waals surface area contributed by atoms with E-state index in [9.17, 15) is 14.7 Å². The number of amides is 1. The molecule has 2 N–H and O–H groups in total. The summed E-state index contributed by atoms with van der Waals surface area (Å²) in [6, 6.07) is 3.55. The van der Waals surface area contributed by atoms with Gasteiger partial charge in [0, 0.05) is 23.2 Å². The number of thiol groups is 1. The van der Waals surface area contributed by atoms with Crippen molar-refractivity contribution in [2.75, 3.05) is 12.3 Å². The predicted octanol–water partition coefficient (Wildman–Crippen LogP) is 0.860. The lowest BCUT2D eigenvalue weighted by Gasteiger charge is -2.23. The number of pyridine rings is 1. The molecule has 0 saturated carbocycles. The van der Waals surface area contributed by atoms with E-state index in [-0.39, 0.29) is 12.1 Å². The SMILES string of the molecule is CC(O)(Cn1ccc2sccc2c1=O)C(=O)NCCS. The summed E-state index contributed by atoms with van der Waals surface area (Å²) in [5.41, 5.74) is -1.85. The Kier molecular flexibility index (Phi) is 4.52. The topological polar surface area (TPSA) is 71.3 Å². The summed E-state index contributed by atoms with van der Waals surface area (Å²) in [6.45, 7) is 1.68. The zero-order chi connectivity index (χ0) is 14.8. The van der Waals surface area contributed by atoms with Crippen LogP contribution in [0.1, 0.15) is 6.92 Å². The molecule has 2 rings (SSSR count). The Morgan fingerprint density at radius 3 is 3.00 bits per heavy atom. The standard InChI is InChI=1S/C13H16N2O3S2/c1-13(18,12(17)14-4-6-19)8-15-5-2-10-9(11(15)16)3-7-20-10/h2-3,5,7,18-19H,4,6,8H2,1H3,(H,14,17). The average molecular weight is 312 g/mol. The first-order chi connectivity index (χ1) is 9.45. The van der Waals surface area contributed by atoms with Gasteiger partial charge in [-0.1, -0.05) is 0 Å². The van der Waals surface area contributed by atoms with E-state index in [4.69, 9.17) is 0 Å². The van der Waals surface area contributed by atoms with Gasteiger partial charge in [-0.2, -0.15) is 12.6 Å². The Labute approximate surface area is 125 Å². The van der Waals surface area contributed by atoms with Crippen molar-refractivity contribution in [3.63, 3.8) is 0 Å². The molecule has 5 nitrogen and oxygen atoms in total. The lowest BCUT2D eigenvalue weighted by atomic mass is 10.1. The van der Waals surface area contributed by atoms with Crippen molar-refractivity contribution in [2.24, 2.45) is 0 Å². The molecule has 2 aromatic heterocycles. The van der Waals surface area contributed by atoms with Crippen molar-refractivity contribution in [3.05, 3.63) is 34.1 Å². The third kappa shape index (κ3) is 3.05. The highest BCUT2D eigenvalue weighted by molar-refractivity contribution is 7.80. The molecular formula is C13H16N2O3S2. The van der Waals surface area contributed by atoms with Crippen molar-refractivity contribution < 1.29 is 9.90 Å². The molecule has 20 heavy (non-hydrogen) atoms. The Hall–Kier alpha value is -1.31. The Bertz CT molecular complexity index is 676. The van der Waals surface area contributed by atoms with Crippen LogP contribution in [0, 0.1) is 0 Å². The first kappa shape index (κ1) is 15.1. The lowest BCUT2D eigenvalue weighted by Crippen LogP contribution is -2.49. The number of carbonyl (C=O) groups is 1. The monoisotopic (exact) mass is 312 g/mol. The van der Waals surface area contributed by atoms with Crippen LogP contribution in [0.15, 0.2) is 28.5 Å². The Balaban J connectivity index is 2.24. The van der Waals surface area contributed by atoms with Gasteiger partial charge in [0.2, 0.25) is 0 Å². The van der Waals surface area contributed by atoms with Gasteiger partial charge in [0.15, 0.2) is 5.60 Å². The zero-order valence-electron chi connectivity index (χ0n) is 11.0. The number of hydrogen-bond donors (Lipinski definition) is 3. The first-order valence-corrected chi connectivity index (χ1v) is 7.65. The van der Waals surface area contributed by atoms with Gasteiger partial charge >= 0.3 is 0 Å². The number of hydrogen-bond acceptors (Lipinski definition) is 5. The summed E-state index contributed by atoms with van der Waals surface area (Å²) >= 11 is 5.47. The number of aliphatic hydroxyl groups is 1. The van der Waals surface area contributed by atoms with Crippen LogP contribution in [0.2, 0.25) is 0 Å². The Morgan fingerprint density at radius 1 is 1.55 bits per heavy atom. The highest BCUT2D eigenvalue weighted by Gasteiger charge is 2.30. The highest BCUT2D eigenvalue weighted by Crippen LogP contribution is 2.17. The maximum absolute atomic E-state index is 12.2. The molecule has 1 unspecified atom stereocenters. The van der Waals surface area contributed by atoms with E-state index in [1.807, 2.05) is 11.4 Å². The molecule has 0 fully saturated rings. The van der Waals surface area contributed by atoms with Crippen LogP contribution in [-0.4, -0.2) is 33.5 Å². The molecule has 0 radical (unpaired) electrons. The van der Waals surface area contributed by atoms with Crippen LogP contribution in [0.5, 0.6) is 0 Å². The van der Waals surface area contributed by atoms with Crippen molar-refractivity contribution >= 4 is 40.0 Å². The van der Waals surface area contributed by atoms with Gasteiger partial charge in [-0.3, -0.25) is 9.59 Å². The normalized spacial score (nSPS) is 14.2. The third-order valence-electron chi connectivity index (χ3n) is 2.96. The van der Waals surface area contributed by atoms with E-state index in [2.05, 4.69) is 17.9 Å². The fourth-order valence-electron chi connectivity index (χ4n) is 1.89. The number of fused-ring (bicyclic) bond motifs is 1. The number of thiophene rings is 1. The van der Waals surface area contributed by atoms with E-state index in [0.717, 1.165) is 4.70 Å². The number of carbonyl (C=O) groups excluding carboxylic acids is 1. The van der Waals surface area contributed by atoms with E-state index in [0.29, 0.717) is 17.7 Å². The first-order valence-electron chi connectivity index (χ1n) is 6.14. The van der Waals surface area contributed by atoms with Crippen molar-refractivity contribution in [1.82, 2.24) is 9.88 Å². The van der Waals surface area contributed by atoms with Gasteiger partial charge in [0.1, 0.15) is 0 Å². The van der Waals surface area contributed by atoms with Crippen LogP contribution < -0.4 is 10.9 Å². The van der Waals surface area contributed by atoms with Crippen LogP contribution in [0.25, 0.3) is 10.1 Å². The summed E-state index contributed by atoms with van der Waals surface area (Å²) in [4.78, 5) is 24.1. The number of nitrogens with zero attached hydrogens (tertiary/aromatic N) is 1. The summed E-state index contributed by atoms with van der Waals surface area (Å²) in [6.07, 6.45) is 1.60. The van der Waals surface area contributed by atoms with Gasteiger partial charge in [0.25, 0.3) is 11.5 Å². The van der Waals surface area contributed by atoms with Crippen molar-refractivity contribution in [2.45, 2.75) is 19.1 Å². The predicted molar refractivity (Wildman–Crippen MR) is 83.6 cm³/mol. The van der Waals surface area contributed by atoms with Crippen LogP contribution in [0.4, 0.5) is 0 Å². The zero-order valence-corrected chi connectivity index (χ0v) is 12.7. The molecule has 108 valence electrons. The second-order valence-electron chi connectivity index (χ2n) is 4.70. The minimum Gasteiger partial charge on any atom is -0.378 e. The maximum Gasteiger partial charge on any atom is 0.259 e. The molecular weight excluding hydrogens is 296 g/mol. The maximum atomic E-state index is 12.2. The van der Waals surface area contributed by atoms with Gasteiger partial charge < -0.3 is 15.0 Å². The van der Waals surface area contributed by atoms with Gasteiger partial charge in [-0.25, -0.2) is 0 Å². The molecule has 7 heteroatoms. The van der Waals surface area contributed by atoms with Crippen LogP contribution >= 0.6 is 24.0 Å².